The molecule has 0 saturated heterocycles. The van der Waals surface area contributed by atoms with Gasteiger partial charge in [0.2, 0.25) is 0 Å². The molecule has 0 aromatic rings. The molecule has 0 aromatic carbocycles. The highest BCUT2D eigenvalue weighted by atomic mass is 32.3. The molecule has 12 heavy (non-hydrogen) atoms. The molecular formula is C5H15NO5S. The van der Waals surface area contributed by atoms with E-state index in [4.69, 9.17) is 10.8 Å². The molecule has 0 heterocycles. The number of hydrogen-bond acceptors (Lipinski definition) is 6. The fourth-order valence-corrected chi connectivity index (χ4v) is 0.577. The monoisotopic (exact) mass is 201 g/mol. The summed E-state index contributed by atoms with van der Waals surface area (Å²) in [5, 5.41) is 7.75. The van der Waals surface area contributed by atoms with E-state index in [9.17, 15) is 8.42 Å². The maximum absolute atomic E-state index is 10.2. The Hall–Kier alpha value is -0.210. The van der Waals surface area contributed by atoms with Gasteiger partial charge in [-0.05, 0) is 6.92 Å². The summed E-state index contributed by atoms with van der Waals surface area (Å²) in [6.45, 7) is 2.15. The van der Waals surface area contributed by atoms with Crippen LogP contribution in [0.2, 0.25) is 0 Å². The van der Waals surface area contributed by atoms with Crippen LogP contribution < -0.4 is 5.73 Å². The summed E-state index contributed by atoms with van der Waals surface area (Å²) in [4.78, 5) is 0. The van der Waals surface area contributed by atoms with E-state index in [0.29, 0.717) is 6.54 Å². The fraction of sp³-hybridized carbons (Fsp3) is 1.00. The maximum Gasteiger partial charge on any atom is 0.399 e. The minimum atomic E-state index is -3.67. The van der Waals surface area contributed by atoms with Gasteiger partial charge in [0.15, 0.2) is 0 Å². The van der Waals surface area contributed by atoms with Crippen molar-refractivity contribution in [3.63, 3.8) is 0 Å². The van der Waals surface area contributed by atoms with E-state index in [1.807, 2.05) is 0 Å². The molecule has 0 spiro atoms. The minimum absolute atomic E-state index is 0.0972. The van der Waals surface area contributed by atoms with Crippen molar-refractivity contribution in [3.05, 3.63) is 0 Å². The quantitative estimate of drug-likeness (QED) is 0.596. The van der Waals surface area contributed by atoms with Crippen molar-refractivity contribution >= 4 is 10.4 Å². The average molecular weight is 201 g/mol. The summed E-state index contributed by atoms with van der Waals surface area (Å²) in [5.41, 5.74) is 4.78. The molecule has 0 radical (unpaired) electrons. The van der Waals surface area contributed by atoms with Crippen LogP contribution in [0.3, 0.4) is 0 Å². The standard InChI is InChI=1S/C3H8O4S.C2H7NO/c1-3-7-8(4,5)6-2;3-1-2-4/h3H2,1-2H3;4H,1-3H2. The predicted molar refractivity (Wildman–Crippen MR) is 43.7 cm³/mol. The third-order valence-corrected chi connectivity index (χ3v) is 1.53. The fourth-order valence-electron chi connectivity index (χ4n) is 0.192. The zero-order valence-corrected chi connectivity index (χ0v) is 8.00. The second-order valence-corrected chi connectivity index (χ2v) is 2.88. The van der Waals surface area contributed by atoms with Gasteiger partial charge >= 0.3 is 10.4 Å². The van der Waals surface area contributed by atoms with Gasteiger partial charge < -0.3 is 10.8 Å². The highest BCUT2D eigenvalue weighted by Crippen LogP contribution is 1.89. The molecule has 0 rings (SSSR count). The molecule has 0 amide bonds. The first-order valence-electron chi connectivity index (χ1n) is 3.30. The molecule has 0 aliphatic rings. The summed E-state index contributed by atoms with van der Waals surface area (Å²) >= 11 is 0. The molecule has 0 bridgehead atoms. The first-order chi connectivity index (χ1) is 5.54. The normalized spacial score (nSPS) is 10.3. The van der Waals surface area contributed by atoms with E-state index >= 15 is 0 Å². The van der Waals surface area contributed by atoms with Gasteiger partial charge in [0, 0.05) is 6.54 Å². The molecule has 7 heteroatoms. The topological polar surface area (TPSA) is 98.9 Å². The molecule has 0 aliphatic carbocycles. The molecular weight excluding hydrogens is 186 g/mol. The van der Waals surface area contributed by atoms with Gasteiger partial charge in [-0.15, -0.1) is 0 Å². The second-order valence-electron chi connectivity index (χ2n) is 1.49. The van der Waals surface area contributed by atoms with E-state index in [1.54, 1.807) is 6.92 Å². The van der Waals surface area contributed by atoms with Gasteiger partial charge in [0.05, 0.1) is 20.3 Å². The van der Waals surface area contributed by atoms with Crippen molar-refractivity contribution in [3.8, 4) is 0 Å². The van der Waals surface area contributed by atoms with E-state index in [0.717, 1.165) is 7.11 Å². The second kappa shape index (κ2) is 8.88. The van der Waals surface area contributed by atoms with Crippen LogP contribution in [-0.2, 0) is 18.8 Å². The van der Waals surface area contributed by atoms with Gasteiger partial charge in [-0.1, -0.05) is 0 Å². The first-order valence-corrected chi connectivity index (χ1v) is 4.63. The smallest absolute Gasteiger partial charge is 0.395 e. The molecule has 0 saturated carbocycles. The molecule has 0 aliphatic heterocycles. The maximum atomic E-state index is 10.2. The van der Waals surface area contributed by atoms with E-state index in [1.165, 1.54) is 0 Å². The Morgan fingerprint density at radius 3 is 2.00 bits per heavy atom. The summed E-state index contributed by atoms with van der Waals surface area (Å²) < 4.78 is 28.4. The summed E-state index contributed by atoms with van der Waals surface area (Å²) in [5.74, 6) is 0. The lowest BCUT2D eigenvalue weighted by molar-refractivity contribution is 0.254. The Kier molecular flexibility index (Phi) is 10.6. The van der Waals surface area contributed by atoms with Crippen LogP contribution in [-0.4, -0.2) is 40.4 Å². The summed E-state index contributed by atoms with van der Waals surface area (Å²) in [6.07, 6.45) is 0. The molecule has 0 fully saturated rings. The van der Waals surface area contributed by atoms with Gasteiger partial charge in [0.25, 0.3) is 0 Å². The van der Waals surface area contributed by atoms with Crippen molar-refractivity contribution in [2.75, 3.05) is 26.9 Å². The molecule has 76 valence electrons. The van der Waals surface area contributed by atoms with Crippen LogP contribution in [0.15, 0.2) is 0 Å². The zero-order valence-electron chi connectivity index (χ0n) is 7.19. The number of nitrogens with two attached hydrogens (primary N) is 1. The van der Waals surface area contributed by atoms with Crippen molar-refractivity contribution in [1.82, 2.24) is 0 Å². The SMILES string of the molecule is CCOS(=O)(=O)OC.NCCO. The number of aliphatic hydroxyl groups is 1. The number of hydrogen-bond donors (Lipinski definition) is 2. The Morgan fingerprint density at radius 2 is 1.92 bits per heavy atom. The minimum Gasteiger partial charge on any atom is -0.395 e. The lowest BCUT2D eigenvalue weighted by Crippen LogP contribution is -2.06. The van der Waals surface area contributed by atoms with Crippen molar-refractivity contribution in [1.29, 1.82) is 0 Å². The van der Waals surface area contributed by atoms with Crippen LogP contribution in [0.25, 0.3) is 0 Å². The Bertz CT molecular complexity index is 165. The van der Waals surface area contributed by atoms with E-state index < -0.39 is 10.4 Å². The van der Waals surface area contributed by atoms with E-state index in [2.05, 4.69) is 8.37 Å². The van der Waals surface area contributed by atoms with Crippen molar-refractivity contribution in [2.45, 2.75) is 6.92 Å². The van der Waals surface area contributed by atoms with Crippen LogP contribution in [0.4, 0.5) is 0 Å². The van der Waals surface area contributed by atoms with Crippen LogP contribution in [0.1, 0.15) is 6.92 Å². The largest absolute Gasteiger partial charge is 0.399 e. The van der Waals surface area contributed by atoms with Gasteiger partial charge in [0.1, 0.15) is 0 Å². The summed E-state index contributed by atoms with van der Waals surface area (Å²) in [6, 6.07) is 0. The lowest BCUT2D eigenvalue weighted by Gasteiger charge is -1.95. The molecule has 6 nitrogen and oxygen atoms in total. The summed E-state index contributed by atoms with van der Waals surface area (Å²) in [7, 11) is -2.62. The van der Waals surface area contributed by atoms with Crippen LogP contribution >= 0.6 is 0 Å². The van der Waals surface area contributed by atoms with Crippen molar-refractivity contribution < 1.29 is 21.9 Å². The average Bonchev–Trinajstić information content (AvgIpc) is 2.05. The highest BCUT2D eigenvalue weighted by molar-refractivity contribution is 7.81. The van der Waals surface area contributed by atoms with Gasteiger partial charge in [-0.25, -0.2) is 4.18 Å². The van der Waals surface area contributed by atoms with Gasteiger partial charge in [-0.2, -0.15) is 8.42 Å². The van der Waals surface area contributed by atoms with Crippen molar-refractivity contribution in [2.24, 2.45) is 5.73 Å². The van der Waals surface area contributed by atoms with Crippen LogP contribution in [0, 0.1) is 0 Å². The molecule has 0 aromatic heterocycles. The predicted octanol–water partition coefficient (Wildman–Crippen LogP) is -1.15. The Morgan fingerprint density at radius 1 is 1.50 bits per heavy atom. The zero-order chi connectivity index (χ0) is 10.0. The number of aliphatic hydroxyl groups excluding tert-OH is 1. The Balaban J connectivity index is 0. The first kappa shape index (κ1) is 14.3. The highest BCUT2D eigenvalue weighted by Gasteiger charge is 2.04. The molecule has 0 atom stereocenters. The van der Waals surface area contributed by atoms with Gasteiger partial charge in [-0.3, -0.25) is 4.18 Å². The van der Waals surface area contributed by atoms with E-state index in [-0.39, 0.29) is 13.2 Å². The van der Waals surface area contributed by atoms with Crippen LogP contribution in [0.5, 0.6) is 0 Å². The number of rotatable bonds is 4. The Labute approximate surface area is 72.6 Å². The lowest BCUT2D eigenvalue weighted by atomic mass is 10.8. The molecule has 3 N–H and O–H groups in total. The third kappa shape index (κ3) is 12.5. The third-order valence-electron chi connectivity index (χ3n) is 0.595. The molecule has 0 unspecified atom stereocenters.